The first-order valence-corrected chi connectivity index (χ1v) is 6.95. The zero-order valence-corrected chi connectivity index (χ0v) is 12.3. The average Bonchev–Trinajstić information content (AvgIpc) is 2.38. The Hall–Kier alpha value is -0.780. The Kier molecular flexibility index (Phi) is 2.54. The molecule has 3 aliphatic rings. The van der Waals surface area contributed by atoms with E-state index in [4.69, 9.17) is 0 Å². The van der Waals surface area contributed by atoms with Crippen LogP contribution in [0.2, 0.25) is 0 Å². The highest BCUT2D eigenvalue weighted by atomic mass is 79.9. The van der Waals surface area contributed by atoms with Crippen LogP contribution in [-0.2, 0) is 5.54 Å². The summed E-state index contributed by atoms with van der Waals surface area (Å²) in [6, 6.07) is 1.85. The standard InChI is InChI=1S/C13H14BrF3N2/c1-8(2)3-9-4-10(14)18-19(9)12-5-11(6-12,7-12)13(15,16)17/h3-4H,5-7H2,1-2H3. The summed E-state index contributed by atoms with van der Waals surface area (Å²) in [5, 5.41) is 4.33. The van der Waals surface area contributed by atoms with Crippen LogP contribution in [0.25, 0.3) is 6.08 Å². The van der Waals surface area contributed by atoms with Crippen molar-refractivity contribution in [2.75, 3.05) is 0 Å². The second-order valence-corrected chi connectivity index (χ2v) is 6.87. The SMILES string of the molecule is CC(C)=Cc1cc(Br)nn1C12CC(C(F)(F)F)(C1)C2. The van der Waals surface area contributed by atoms with Gasteiger partial charge in [0.15, 0.2) is 0 Å². The molecule has 1 aromatic heterocycles. The van der Waals surface area contributed by atoms with Crippen molar-refractivity contribution in [1.29, 1.82) is 0 Å². The van der Waals surface area contributed by atoms with Crippen molar-refractivity contribution in [3.63, 3.8) is 0 Å². The molecule has 0 unspecified atom stereocenters. The van der Waals surface area contributed by atoms with E-state index in [1.54, 1.807) is 4.68 Å². The third kappa shape index (κ3) is 1.72. The lowest BCUT2D eigenvalue weighted by atomic mass is 9.39. The van der Waals surface area contributed by atoms with E-state index in [1.165, 1.54) is 0 Å². The molecule has 0 N–H and O–H groups in total. The molecule has 0 radical (unpaired) electrons. The maximum absolute atomic E-state index is 12.9. The number of allylic oxidation sites excluding steroid dienone is 1. The second-order valence-electron chi connectivity index (χ2n) is 6.06. The maximum atomic E-state index is 12.9. The molecule has 0 saturated heterocycles. The first kappa shape index (κ1) is 13.2. The Morgan fingerprint density at radius 1 is 1.37 bits per heavy atom. The van der Waals surface area contributed by atoms with Crippen molar-refractivity contribution in [3.05, 3.63) is 21.9 Å². The van der Waals surface area contributed by atoms with Gasteiger partial charge in [0.05, 0.1) is 16.6 Å². The van der Waals surface area contributed by atoms with Crippen LogP contribution in [0.1, 0.15) is 38.8 Å². The summed E-state index contributed by atoms with van der Waals surface area (Å²) in [6.07, 6.45) is -1.61. The molecule has 3 aliphatic carbocycles. The first-order chi connectivity index (χ1) is 8.67. The van der Waals surface area contributed by atoms with E-state index < -0.39 is 17.1 Å². The van der Waals surface area contributed by atoms with Crippen molar-refractivity contribution in [1.82, 2.24) is 9.78 Å². The fourth-order valence-corrected chi connectivity index (χ4v) is 3.80. The van der Waals surface area contributed by atoms with Crippen molar-refractivity contribution in [3.8, 4) is 0 Å². The lowest BCUT2D eigenvalue weighted by Crippen LogP contribution is -2.73. The molecule has 3 fully saturated rings. The Labute approximate surface area is 117 Å². The van der Waals surface area contributed by atoms with Crippen LogP contribution >= 0.6 is 15.9 Å². The van der Waals surface area contributed by atoms with Gasteiger partial charge in [-0.15, -0.1) is 0 Å². The smallest absolute Gasteiger partial charge is 0.258 e. The third-order valence-corrected chi connectivity index (χ3v) is 4.58. The summed E-state index contributed by atoms with van der Waals surface area (Å²) < 4.78 is 41.1. The van der Waals surface area contributed by atoms with Crippen molar-refractivity contribution >= 4 is 22.0 Å². The minimum atomic E-state index is -4.07. The minimum Gasteiger partial charge on any atom is -0.258 e. The van der Waals surface area contributed by atoms with Crippen LogP contribution in [0.4, 0.5) is 13.2 Å². The topological polar surface area (TPSA) is 17.8 Å². The van der Waals surface area contributed by atoms with Gasteiger partial charge in [0, 0.05) is 0 Å². The fourth-order valence-electron chi connectivity index (χ4n) is 3.40. The van der Waals surface area contributed by atoms with E-state index >= 15 is 0 Å². The number of hydrogen-bond donors (Lipinski definition) is 0. The zero-order valence-electron chi connectivity index (χ0n) is 10.7. The number of nitrogens with zero attached hydrogens (tertiary/aromatic N) is 2. The summed E-state index contributed by atoms with van der Waals surface area (Å²) in [7, 11) is 0. The van der Waals surface area contributed by atoms with Crippen LogP contribution in [0, 0.1) is 5.41 Å². The lowest BCUT2D eigenvalue weighted by molar-refractivity contribution is -0.356. The molecule has 104 valence electrons. The van der Waals surface area contributed by atoms with Gasteiger partial charge in [-0.2, -0.15) is 18.3 Å². The summed E-state index contributed by atoms with van der Waals surface area (Å²) in [4.78, 5) is 0. The first-order valence-electron chi connectivity index (χ1n) is 6.15. The molecule has 0 atom stereocenters. The molecule has 0 amide bonds. The number of aromatic nitrogens is 2. The molecular formula is C13H14BrF3N2. The van der Waals surface area contributed by atoms with Gasteiger partial charge >= 0.3 is 6.18 Å². The molecule has 19 heavy (non-hydrogen) atoms. The van der Waals surface area contributed by atoms with Gasteiger partial charge in [-0.3, -0.25) is 4.68 Å². The van der Waals surface area contributed by atoms with Gasteiger partial charge in [0.25, 0.3) is 0 Å². The molecule has 0 aromatic carbocycles. The van der Waals surface area contributed by atoms with E-state index in [2.05, 4.69) is 21.0 Å². The molecule has 1 heterocycles. The Bertz CT molecular complexity index is 547. The van der Waals surface area contributed by atoms with Crippen LogP contribution in [-0.4, -0.2) is 16.0 Å². The van der Waals surface area contributed by atoms with Crippen LogP contribution < -0.4 is 0 Å². The summed E-state index contributed by atoms with van der Waals surface area (Å²) >= 11 is 3.31. The second kappa shape index (κ2) is 3.65. The maximum Gasteiger partial charge on any atom is 0.394 e. The largest absolute Gasteiger partial charge is 0.394 e. The van der Waals surface area contributed by atoms with Gasteiger partial charge in [0.2, 0.25) is 0 Å². The summed E-state index contributed by atoms with van der Waals surface area (Å²) in [5.41, 5.74) is 0.129. The molecule has 2 nitrogen and oxygen atoms in total. The average molecular weight is 335 g/mol. The molecule has 2 bridgehead atoms. The van der Waals surface area contributed by atoms with Crippen LogP contribution in [0.3, 0.4) is 0 Å². The van der Waals surface area contributed by atoms with Crippen molar-refractivity contribution in [2.24, 2.45) is 5.41 Å². The van der Waals surface area contributed by atoms with Gasteiger partial charge in [0.1, 0.15) is 4.60 Å². The Morgan fingerprint density at radius 2 is 1.95 bits per heavy atom. The zero-order chi connectivity index (χ0) is 14.1. The quantitative estimate of drug-likeness (QED) is 0.778. The van der Waals surface area contributed by atoms with Gasteiger partial charge in [-0.1, -0.05) is 5.57 Å². The van der Waals surface area contributed by atoms with Gasteiger partial charge < -0.3 is 0 Å². The lowest BCUT2D eigenvalue weighted by Gasteiger charge is -2.70. The van der Waals surface area contributed by atoms with E-state index in [-0.39, 0.29) is 19.3 Å². The number of alkyl halides is 3. The fraction of sp³-hybridized carbons (Fsp3) is 0.615. The van der Waals surface area contributed by atoms with Crippen molar-refractivity contribution in [2.45, 2.75) is 44.8 Å². The van der Waals surface area contributed by atoms with E-state index in [0.29, 0.717) is 4.60 Å². The van der Waals surface area contributed by atoms with Gasteiger partial charge in [-0.25, -0.2) is 0 Å². The van der Waals surface area contributed by atoms with E-state index in [0.717, 1.165) is 11.3 Å². The molecular weight excluding hydrogens is 321 g/mol. The summed E-state index contributed by atoms with van der Waals surface area (Å²) in [5.74, 6) is 0. The Morgan fingerprint density at radius 3 is 2.42 bits per heavy atom. The number of halogens is 4. The van der Waals surface area contributed by atoms with Crippen LogP contribution in [0.5, 0.6) is 0 Å². The molecule has 6 heteroatoms. The molecule has 0 spiro atoms. The van der Waals surface area contributed by atoms with Crippen LogP contribution in [0.15, 0.2) is 16.2 Å². The molecule has 0 aliphatic heterocycles. The van der Waals surface area contributed by atoms with Crippen molar-refractivity contribution < 1.29 is 13.2 Å². The molecule has 1 aromatic rings. The number of hydrogen-bond acceptors (Lipinski definition) is 1. The monoisotopic (exact) mass is 334 g/mol. The third-order valence-electron chi connectivity index (χ3n) is 4.20. The minimum absolute atomic E-state index is 0.168. The Balaban J connectivity index is 1.90. The predicted octanol–water partition coefficient (Wildman–Crippen LogP) is 4.51. The summed E-state index contributed by atoms with van der Waals surface area (Å²) in [6.45, 7) is 3.93. The van der Waals surface area contributed by atoms with E-state index in [9.17, 15) is 13.2 Å². The highest BCUT2D eigenvalue weighted by molar-refractivity contribution is 9.10. The van der Waals surface area contributed by atoms with E-state index in [1.807, 2.05) is 26.0 Å². The number of rotatable bonds is 2. The molecule has 4 rings (SSSR count). The van der Waals surface area contributed by atoms with Gasteiger partial charge in [-0.05, 0) is 61.2 Å². The highest BCUT2D eigenvalue weighted by Crippen LogP contribution is 2.76. The highest BCUT2D eigenvalue weighted by Gasteiger charge is 2.80. The predicted molar refractivity (Wildman–Crippen MR) is 69.6 cm³/mol. The molecule has 3 saturated carbocycles. The normalized spacial score (nSPS) is 32.5.